The normalized spacial score (nSPS) is 10.7. The number of hydrogen-bond acceptors (Lipinski definition) is 4. The van der Waals surface area contributed by atoms with E-state index in [0.717, 1.165) is 17.2 Å². The molecule has 20 heavy (non-hydrogen) atoms. The molecule has 5 heteroatoms. The molecule has 1 aromatic carbocycles. The Hall–Kier alpha value is -2.17. The zero-order valence-electron chi connectivity index (χ0n) is 12.2. The predicted molar refractivity (Wildman–Crippen MR) is 80.1 cm³/mol. The summed E-state index contributed by atoms with van der Waals surface area (Å²) in [6.07, 6.45) is 0. The Bertz CT molecular complexity index is 611. The van der Waals surface area contributed by atoms with Crippen LogP contribution in [0.4, 0.5) is 21.7 Å². The van der Waals surface area contributed by atoms with Crippen LogP contribution in [0.1, 0.15) is 31.2 Å². The van der Waals surface area contributed by atoms with Gasteiger partial charge < -0.3 is 10.6 Å². The maximum Gasteiger partial charge on any atom is 0.146 e. The van der Waals surface area contributed by atoms with Crippen LogP contribution in [0.2, 0.25) is 0 Å². The number of benzene rings is 1. The van der Waals surface area contributed by atoms with Crippen LogP contribution >= 0.6 is 0 Å². The second-order valence-corrected chi connectivity index (χ2v) is 4.91. The van der Waals surface area contributed by atoms with E-state index in [-0.39, 0.29) is 11.7 Å². The van der Waals surface area contributed by atoms with Gasteiger partial charge in [-0.2, -0.15) is 0 Å². The van der Waals surface area contributed by atoms with Gasteiger partial charge in [0.15, 0.2) is 0 Å². The summed E-state index contributed by atoms with van der Waals surface area (Å²) in [6.45, 7) is 5.95. The lowest BCUT2D eigenvalue weighted by Crippen LogP contribution is -2.08. The molecule has 2 aromatic rings. The molecule has 0 unspecified atom stereocenters. The average Bonchev–Trinajstić information content (AvgIpc) is 2.43. The van der Waals surface area contributed by atoms with Crippen molar-refractivity contribution < 1.29 is 4.39 Å². The molecule has 0 radical (unpaired) electrons. The van der Waals surface area contributed by atoms with Crippen molar-refractivity contribution in [3.8, 4) is 0 Å². The monoisotopic (exact) mass is 274 g/mol. The smallest absolute Gasteiger partial charge is 0.146 e. The zero-order valence-corrected chi connectivity index (χ0v) is 12.2. The van der Waals surface area contributed by atoms with Gasteiger partial charge >= 0.3 is 0 Å². The fraction of sp³-hybridized carbons (Fsp3) is 0.333. The first-order chi connectivity index (χ1) is 9.52. The van der Waals surface area contributed by atoms with E-state index in [0.29, 0.717) is 11.5 Å². The lowest BCUT2D eigenvalue weighted by molar-refractivity contribution is 0.631. The maximum atomic E-state index is 13.7. The first kappa shape index (κ1) is 14.2. The minimum atomic E-state index is -0.303. The number of aromatic nitrogens is 2. The second-order valence-electron chi connectivity index (χ2n) is 4.91. The minimum Gasteiger partial charge on any atom is -0.373 e. The third-order valence-corrected chi connectivity index (χ3v) is 3.04. The van der Waals surface area contributed by atoms with Crippen molar-refractivity contribution >= 4 is 17.3 Å². The highest BCUT2D eigenvalue weighted by Gasteiger charge is 2.13. The number of hydrogen-bond donors (Lipinski definition) is 2. The van der Waals surface area contributed by atoms with Gasteiger partial charge in [-0.15, -0.1) is 0 Å². The Labute approximate surface area is 118 Å². The van der Waals surface area contributed by atoms with E-state index in [1.807, 2.05) is 27.8 Å². The standard InChI is InChI=1S/C15H19FN4/c1-9(2)13-19-14(17-4)10(3)15(20-13)18-12-8-6-5-7-11(12)16/h5-9H,1-4H3,(H2,17,18,19,20). The first-order valence-corrected chi connectivity index (χ1v) is 6.60. The summed E-state index contributed by atoms with van der Waals surface area (Å²) < 4.78 is 13.7. The van der Waals surface area contributed by atoms with E-state index in [2.05, 4.69) is 20.6 Å². The number of anilines is 3. The molecule has 0 saturated heterocycles. The van der Waals surface area contributed by atoms with Crippen molar-refractivity contribution in [2.24, 2.45) is 0 Å². The van der Waals surface area contributed by atoms with Gasteiger partial charge in [-0.05, 0) is 19.1 Å². The van der Waals surface area contributed by atoms with Crippen molar-refractivity contribution in [2.75, 3.05) is 17.7 Å². The van der Waals surface area contributed by atoms with Gasteiger partial charge in [0.25, 0.3) is 0 Å². The molecule has 106 valence electrons. The molecule has 0 bridgehead atoms. The summed E-state index contributed by atoms with van der Waals surface area (Å²) in [5.41, 5.74) is 1.27. The van der Waals surface area contributed by atoms with Crippen LogP contribution in [-0.4, -0.2) is 17.0 Å². The quantitative estimate of drug-likeness (QED) is 0.889. The van der Waals surface area contributed by atoms with Crippen LogP contribution in [-0.2, 0) is 0 Å². The van der Waals surface area contributed by atoms with Gasteiger partial charge in [-0.25, -0.2) is 14.4 Å². The van der Waals surface area contributed by atoms with E-state index in [9.17, 15) is 4.39 Å². The van der Waals surface area contributed by atoms with E-state index in [4.69, 9.17) is 0 Å². The number of nitrogens with one attached hydrogen (secondary N) is 2. The summed E-state index contributed by atoms with van der Waals surface area (Å²) in [7, 11) is 1.81. The molecule has 0 atom stereocenters. The fourth-order valence-electron chi connectivity index (χ4n) is 1.85. The Balaban J connectivity index is 2.45. The van der Waals surface area contributed by atoms with Gasteiger partial charge in [0, 0.05) is 18.5 Å². The average molecular weight is 274 g/mol. The largest absolute Gasteiger partial charge is 0.373 e. The lowest BCUT2D eigenvalue weighted by Gasteiger charge is -2.15. The first-order valence-electron chi connectivity index (χ1n) is 6.60. The highest BCUT2D eigenvalue weighted by molar-refractivity contribution is 5.65. The van der Waals surface area contributed by atoms with Crippen LogP contribution in [0.25, 0.3) is 0 Å². The summed E-state index contributed by atoms with van der Waals surface area (Å²) >= 11 is 0. The molecule has 2 N–H and O–H groups in total. The minimum absolute atomic E-state index is 0.198. The van der Waals surface area contributed by atoms with E-state index >= 15 is 0 Å². The SMILES string of the molecule is CNc1nc(C(C)C)nc(Nc2ccccc2F)c1C. The molecular weight excluding hydrogens is 255 g/mol. The molecule has 4 nitrogen and oxygen atoms in total. The zero-order chi connectivity index (χ0) is 14.7. The van der Waals surface area contributed by atoms with Crippen LogP contribution in [0.5, 0.6) is 0 Å². The van der Waals surface area contributed by atoms with Crippen molar-refractivity contribution in [1.82, 2.24) is 9.97 Å². The van der Waals surface area contributed by atoms with Gasteiger partial charge in [0.2, 0.25) is 0 Å². The van der Waals surface area contributed by atoms with Crippen molar-refractivity contribution in [3.05, 3.63) is 41.5 Å². The molecule has 0 saturated carbocycles. The second kappa shape index (κ2) is 5.86. The molecule has 0 aliphatic heterocycles. The van der Waals surface area contributed by atoms with E-state index < -0.39 is 0 Å². The topological polar surface area (TPSA) is 49.8 Å². The molecule has 1 heterocycles. The van der Waals surface area contributed by atoms with Gasteiger partial charge in [-0.3, -0.25) is 0 Å². The number of para-hydroxylation sites is 1. The van der Waals surface area contributed by atoms with E-state index in [1.54, 1.807) is 18.2 Å². The molecular formula is C15H19FN4. The number of rotatable bonds is 4. The van der Waals surface area contributed by atoms with Gasteiger partial charge in [-0.1, -0.05) is 26.0 Å². The summed E-state index contributed by atoms with van der Waals surface area (Å²) in [5, 5.41) is 6.09. The Morgan fingerprint density at radius 2 is 1.75 bits per heavy atom. The van der Waals surface area contributed by atoms with Crippen molar-refractivity contribution in [1.29, 1.82) is 0 Å². The molecule has 1 aromatic heterocycles. The Morgan fingerprint density at radius 3 is 2.35 bits per heavy atom. The van der Waals surface area contributed by atoms with Crippen LogP contribution in [0, 0.1) is 12.7 Å². The molecule has 0 amide bonds. The summed E-state index contributed by atoms with van der Waals surface area (Å²) in [4.78, 5) is 8.95. The maximum absolute atomic E-state index is 13.7. The van der Waals surface area contributed by atoms with Crippen molar-refractivity contribution in [3.63, 3.8) is 0 Å². The summed E-state index contributed by atoms with van der Waals surface area (Å²) in [6, 6.07) is 6.54. The molecule has 2 rings (SSSR count). The number of halogens is 1. The lowest BCUT2D eigenvalue weighted by atomic mass is 10.2. The highest BCUT2D eigenvalue weighted by atomic mass is 19.1. The van der Waals surface area contributed by atoms with Crippen LogP contribution in [0.3, 0.4) is 0 Å². The van der Waals surface area contributed by atoms with E-state index in [1.165, 1.54) is 6.07 Å². The third-order valence-electron chi connectivity index (χ3n) is 3.04. The predicted octanol–water partition coefficient (Wildman–Crippen LogP) is 3.83. The summed E-state index contributed by atoms with van der Waals surface area (Å²) in [5.74, 6) is 1.99. The molecule has 0 aliphatic carbocycles. The number of nitrogens with zero attached hydrogens (tertiary/aromatic N) is 2. The fourth-order valence-corrected chi connectivity index (χ4v) is 1.85. The molecule has 0 aliphatic rings. The molecule has 0 fully saturated rings. The van der Waals surface area contributed by atoms with Crippen LogP contribution in [0.15, 0.2) is 24.3 Å². The Kier molecular flexibility index (Phi) is 4.17. The van der Waals surface area contributed by atoms with Gasteiger partial charge in [0.1, 0.15) is 23.3 Å². The Morgan fingerprint density at radius 1 is 1.10 bits per heavy atom. The third kappa shape index (κ3) is 2.87. The highest BCUT2D eigenvalue weighted by Crippen LogP contribution is 2.26. The molecule has 0 spiro atoms. The van der Waals surface area contributed by atoms with Gasteiger partial charge in [0.05, 0.1) is 5.69 Å². The van der Waals surface area contributed by atoms with Crippen LogP contribution < -0.4 is 10.6 Å². The van der Waals surface area contributed by atoms with Crippen molar-refractivity contribution in [2.45, 2.75) is 26.7 Å².